The Labute approximate surface area is 171 Å². The van der Waals surface area contributed by atoms with E-state index in [9.17, 15) is 26.4 Å². The van der Waals surface area contributed by atoms with Gasteiger partial charge in [0.1, 0.15) is 27.8 Å². The largest absolute Gasteiger partial charge is 0.386 e. The summed E-state index contributed by atoms with van der Waals surface area (Å²) in [5.74, 6) is -4.53. The molecule has 2 heterocycles. The van der Waals surface area contributed by atoms with E-state index in [1.165, 1.54) is 32.9 Å². The predicted octanol–water partition coefficient (Wildman–Crippen LogP) is 2.53. The second-order valence-corrected chi connectivity index (χ2v) is 10.2. The molecule has 1 unspecified atom stereocenters. The van der Waals surface area contributed by atoms with Gasteiger partial charge in [0, 0.05) is 17.3 Å². The summed E-state index contributed by atoms with van der Waals surface area (Å²) in [6, 6.07) is 3.92. The zero-order valence-corrected chi connectivity index (χ0v) is 17.1. The summed E-state index contributed by atoms with van der Waals surface area (Å²) in [5, 5.41) is 2.33. The molecule has 1 aliphatic rings. The fourth-order valence-corrected chi connectivity index (χ4v) is 4.75. The second-order valence-electron chi connectivity index (χ2n) is 7.67. The summed E-state index contributed by atoms with van der Waals surface area (Å²) in [6.45, 7) is 4.24. The fraction of sp³-hybridized carbons (Fsp3) is 0.316. The van der Waals surface area contributed by atoms with E-state index in [0.29, 0.717) is 12.3 Å². The molecule has 1 amide bonds. The Balaban J connectivity index is 2.00. The van der Waals surface area contributed by atoms with Crippen LogP contribution in [-0.4, -0.2) is 35.6 Å². The lowest BCUT2D eigenvalue weighted by atomic mass is 9.92. The van der Waals surface area contributed by atoms with Gasteiger partial charge in [-0.15, -0.1) is 0 Å². The topological polar surface area (TPSA) is 115 Å². The summed E-state index contributed by atoms with van der Waals surface area (Å²) in [5.41, 5.74) is 3.60. The lowest BCUT2D eigenvalue weighted by Crippen LogP contribution is -2.55. The van der Waals surface area contributed by atoms with Crippen LogP contribution in [0.1, 0.15) is 36.8 Å². The molecule has 1 aliphatic heterocycles. The van der Waals surface area contributed by atoms with E-state index < -0.39 is 54.9 Å². The summed E-state index contributed by atoms with van der Waals surface area (Å²) < 4.78 is 65.4. The van der Waals surface area contributed by atoms with Crippen LogP contribution in [0.4, 0.5) is 18.9 Å². The highest BCUT2D eigenvalue weighted by atomic mass is 32.2. The van der Waals surface area contributed by atoms with Crippen molar-refractivity contribution in [2.45, 2.75) is 31.1 Å². The molecule has 0 fully saturated rings. The highest BCUT2D eigenvalue weighted by Gasteiger charge is 2.49. The minimum Gasteiger partial charge on any atom is -0.386 e. The zero-order valence-electron chi connectivity index (χ0n) is 16.3. The lowest BCUT2D eigenvalue weighted by Gasteiger charge is -2.38. The van der Waals surface area contributed by atoms with Crippen LogP contribution < -0.4 is 11.1 Å². The third kappa shape index (κ3) is 3.64. The summed E-state index contributed by atoms with van der Waals surface area (Å²) >= 11 is 0. The average Bonchev–Trinajstić information content (AvgIpc) is 2.61. The number of nitrogens with two attached hydrogens (primary N) is 1. The standard InChI is InChI=1S/C19H19F3N4O3S/c1-18(2)17(23)26-19(3,9-30(18,28)29)12-7-11(4-5-13(12)21)25-16(27)15-14(22)6-10(20)8-24-15/h4-8H,9H2,1-3H3,(H2,23,26)(H,25,27). The number of nitrogens with zero attached hydrogens (tertiary/aromatic N) is 2. The molecule has 0 radical (unpaired) electrons. The Bertz CT molecular complexity index is 1180. The SMILES string of the molecule is CC1(c2cc(NC(=O)c3ncc(F)cc3F)ccc2F)CS(=O)(=O)C(C)(C)C(N)=N1. The van der Waals surface area contributed by atoms with Crippen molar-refractivity contribution < 1.29 is 26.4 Å². The van der Waals surface area contributed by atoms with Crippen LogP contribution in [0, 0.1) is 17.5 Å². The molecule has 2 aromatic rings. The smallest absolute Gasteiger partial charge is 0.277 e. The first kappa shape index (κ1) is 21.8. The molecule has 3 rings (SSSR count). The van der Waals surface area contributed by atoms with Crippen molar-refractivity contribution in [2.75, 3.05) is 11.1 Å². The maximum absolute atomic E-state index is 14.6. The Morgan fingerprint density at radius 1 is 1.13 bits per heavy atom. The first-order chi connectivity index (χ1) is 13.8. The van der Waals surface area contributed by atoms with Gasteiger partial charge in [-0.05, 0) is 39.0 Å². The number of amides is 1. The van der Waals surface area contributed by atoms with Crippen LogP contribution in [0.15, 0.2) is 35.5 Å². The van der Waals surface area contributed by atoms with E-state index in [4.69, 9.17) is 5.73 Å². The molecule has 0 saturated heterocycles. The van der Waals surface area contributed by atoms with E-state index in [2.05, 4.69) is 15.3 Å². The summed E-state index contributed by atoms with van der Waals surface area (Å²) in [6.07, 6.45) is 0.682. The lowest BCUT2D eigenvalue weighted by molar-refractivity contribution is 0.101. The number of pyridine rings is 1. The molecular formula is C19H19F3N4O3S. The summed E-state index contributed by atoms with van der Waals surface area (Å²) in [7, 11) is -3.78. The molecule has 7 nitrogen and oxygen atoms in total. The van der Waals surface area contributed by atoms with Gasteiger partial charge in [0.15, 0.2) is 21.3 Å². The quantitative estimate of drug-likeness (QED) is 0.761. The van der Waals surface area contributed by atoms with Gasteiger partial charge in [-0.25, -0.2) is 26.6 Å². The molecule has 0 aliphatic carbocycles. The minimum absolute atomic E-state index is 0.0409. The maximum atomic E-state index is 14.6. The number of carbonyl (C=O) groups excluding carboxylic acids is 1. The van der Waals surface area contributed by atoms with Gasteiger partial charge in [0.05, 0.1) is 11.9 Å². The number of aliphatic imine (C=N–C) groups is 1. The first-order valence-electron chi connectivity index (χ1n) is 8.77. The van der Waals surface area contributed by atoms with Crippen molar-refractivity contribution in [3.8, 4) is 0 Å². The van der Waals surface area contributed by atoms with E-state index in [1.807, 2.05) is 0 Å². The van der Waals surface area contributed by atoms with E-state index in [-0.39, 0.29) is 17.1 Å². The molecule has 3 N–H and O–H groups in total. The highest BCUT2D eigenvalue weighted by Crippen LogP contribution is 2.38. The number of benzene rings is 1. The van der Waals surface area contributed by atoms with E-state index in [1.54, 1.807) is 0 Å². The van der Waals surface area contributed by atoms with Crippen LogP contribution in [0.2, 0.25) is 0 Å². The minimum atomic E-state index is -3.78. The van der Waals surface area contributed by atoms with Gasteiger partial charge in [0.25, 0.3) is 5.91 Å². The highest BCUT2D eigenvalue weighted by molar-refractivity contribution is 7.93. The van der Waals surface area contributed by atoms with Gasteiger partial charge in [0.2, 0.25) is 0 Å². The van der Waals surface area contributed by atoms with Crippen molar-refractivity contribution in [2.24, 2.45) is 10.7 Å². The Morgan fingerprint density at radius 3 is 2.40 bits per heavy atom. The van der Waals surface area contributed by atoms with Gasteiger partial charge >= 0.3 is 0 Å². The number of hydrogen-bond acceptors (Lipinski definition) is 6. The third-order valence-electron chi connectivity index (χ3n) is 5.06. The van der Waals surface area contributed by atoms with Crippen LogP contribution in [0.5, 0.6) is 0 Å². The number of halogens is 3. The molecule has 0 spiro atoms. The number of carbonyl (C=O) groups is 1. The monoisotopic (exact) mass is 440 g/mol. The molecule has 30 heavy (non-hydrogen) atoms. The number of anilines is 1. The van der Waals surface area contributed by atoms with Crippen LogP contribution in [0.25, 0.3) is 0 Å². The number of nitrogens with one attached hydrogen (secondary N) is 1. The zero-order chi connectivity index (χ0) is 22.5. The van der Waals surface area contributed by atoms with Crippen molar-refractivity contribution in [1.29, 1.82) is 0 Å². The number of aromatic nitrogens is 1. The molecule has 160 valence electrons. The van der Waals surface area contributed by atoms with Crippen LogP contribution in [-0.2, 0) is 15.4 Å². The number of hydrogen-bond donors (Lipinski definition) is 2. The normalized spacial score (nSPS) is 22.3. The van der Waals surface area contributed by atoms with Crippen molar-refractivity contribution in [3.05, 3.63) is 59.2 Å². The Hall–Kier alpha value is -2.95. The van der Waals surface area contributed by atoms with E-state index in [0.717, 1.165) is 6.07 Å². The number of sulfone groups is 1. The van der Waals surface area contributed by atoms with E-state index >= 15 is 0 Å². The van der Waals surface area contributed by atoms with Gasteiger partial charge in [-0.3, -0.25) is 9.79 Å². The molecule has 1 aromatic heterocycles. The van der Waals surface area contributed by atoms with Crippen molar-refractivity contribution in [3.63, 3.8) is 0 Å². The number of amidine groups is 1. The average molecular weight is 440 g/mol. The molecule has 11 heteroatoms. The molecule has 0 bridgehead atoms. The van der Waals surface area contributed by atoms with Gasteiger partial charge in [-0.1, -0.05) is 0 Å². The molecular weight excluding hydrogens is 421 g/mol. The van der Waals surface area contributed by atoms with Crippen molar-refractivity contribution >= 4 is 27.3 Å². The summed E-state index contributed by atoms with van der Waals surface area (Å²) in [4.78, 5) is 19.9. The third-order valence-corrected chi connectivity index (χ3v) is 7.77. The maximum Gasteiger partial charge on any atom is 0.277 e. The molecule has 0 saturated carbocycles. The molecule has 1 atom stereocenters. The van der Waals surface area contributed by atoms with Crippen molar-refractivity contribution in [1.82, 2.24) is 4.98 Å². The first-order valence-corrected chi connectivity index (χ1v) is 10.4. The van der Waals surface area contributed by atoms with Crippen LogP contribution in [0.3, 0.4) is 0 Å². The second kappa shape index (κ2) is 7.08. The van der Waals surface area contributed by atoms with Crippen LogP contribution >= 0.6 is 0 Å². The fourth-order valence-electron chi connectivity index (χ4n) is 3.07. The number of rotatable bonds is 3. The van der Waals surface area contributed by atoms with Gasteiger partial charge < -0.3 is 11.1 Å². The van der Waals surface area contributed by atoms with Gasteiger partial charge in [-0.2, -0.15) is 0 Å². The molecule has 1 aromatic carbocycles. The predicted molar refractivity (Wildman–Crippen MR) is 105 cm³/mol. The Morgan fingerprint density at radius 2 is 1.80 bits per heavy atom. The Kier molecular flexibility index (Phi) is 5.13.